The quantitative estimate of drug-likeness (QED) is 0.649. The highest BCUT2D eigenvalue weighted by Gasteiger charge is 2.14. The molecule has 0 fully saturated rings. The van der Waals surface area contributed by atoms with Gasteiger partial charge in [-0.3, -0.25) is 4.79 Å². The fourth-order valence-electron chi connectivity index (χ4n) is 1.75. The monoisotopic (exact) mass is 279 g/mol. The molecule has 6 heteroatoms. The third kappa shape index (κ3) is 3.42. The Morgan fingerprint density at radius 3 is 2.74 bits per heavy atom. The van der Waals surface area contributed by atoms with Crippen LogP contribution in [0.25, 0.3) is 11.0 Å². The molecule has 5 nitrogen and oxygen atoms in total. The Morgan fingerprint density at radius 1 is 1.37 bits per heavy atom. The summed E-state index contributed by atoms with van der Waals surface area (Å²) in [5, 5.41) is 12.4. The number of aromatic amines is 2. The number of carbonyl (C=O) groups excluding carboxylic acids is 1. The zero-order valence-corrected chi connectivity index (χ0v) is 11.7. The summed E-state index contributed by atoms with van der Waals surface area (Å²) in [6, 6.07) is 5.44. The highest BCUT2D eigenvalue weighted by Crippen LogP contribution is 2.17. The number of nitrogens with one attached hydrogen (secondary N) is 3. The van der Waals surface area contributed by atoms with E-state index in [1.54, 1.807) is 12.1 Å². The Labute approximate surface area is 116 Å². The number of aliphatic hydroxyl groups is 1. The van der Waals surface area contributed by atoms with Gasteiger partial charge in [-0.1, -0.05) is 13.8 Å². The maximum absolute atomic E-state index is 11.8. The molecule has 0 spiro atoms. The summed E-state index contributed by atoms with van der Waals surface area (Å²) < 4.78 is 0.550. The Kier molecular flexibility index (Phi) is 4.01. The lowest BCUT2D eigenvalue weighted by atomic mass is 10.0. The van der Waals surface area contributed by atoms with Gasteiger partial charge in [0.25, 0.3) is 0 Å². The van der Waals surface area contributed by atoms with E-state index >= 15 is 0 Å². The first-order chi connectivity index (χ1) is 8.95. The third-order valence-corrected chi connectivity index (χ3v) is 3.17. The smallest absolute Gasteiger partial charge is 0.226 e. The number of aliphatic hydroxyl groups excluding tert-OH is 1. The van der Waals surface area contributed by atoms with Gasteiger partial charge in [0.15, 0.2) is 4.77 Å². The van der Waals surface area contributed by atoms with Crippen molar-refractivity contribution >= 4 is 34.8 Å². The lowest BCUT2D eigenvalue weighted by Gasteiger charge is -2.13. The van der Waals surface area contributed by atoms with Crippen molar-refractivity contribution in [3.8, 4) is 0 Å². The number of carbonyl (C=O) groups is 1. The summed E-state index contributed by atoms with van der Waals surface area (Å²) >= 11 is 5.00. The number of amides is 1. The van der Waals surface area contributed by atoms with E-state index in [4.69, 9.17) is 12.2 Å². The van der Waals surface area contributed by atoms with Crippen LogP contribution in [-0.2, 0) is 4.79 Å². The predicted molar refractivity (Wildman–Crippen MR) is 77.6 cm³/mol. The number of rotatable bonds is 4. The lowest BCUT2D eigenvalue weighted by Crippen LogP contribution is -2.23. The summed E-state index contributed by atoms with van der Waals surface area (Å²) in [4.78, 5) is 17.7. The fraction of sp³-hybridized carbons (Fsp3) is 0.385. The maximum atomic E-state index is 11.8. The number of fused-ring (bicyclic) bond motifs is 1. The second-order valence-corrected chi connectivity index (χ2v) is 5.31. The normalized spacial score (nSPS) is 12.8. The first-order valence-corrected chi connectivity index (χ1v) is 6.56. The number of hydrogen-bond donors (Lipinski definition) is 4. The molecule has 1 amide bonds. The van der Waals surface area contributed by atoms with Crippen molar-refractivity contribution in [3.05, 3.63) is 23.0 Å². The van der Waals surface area contributed by atoms with Gasteiger partial charge in [0, 0.05) is 5.69 Å². The van der Waals surface area contributed by atoms with E-state index in [2.05, 4.69) is 15.3 Å². The first kappa shape index (κ1) is 13.8. The lowest BCUT2D eigenvalue weighted by molar-refractivity contribution is -0.118. The van der Waals surface area contributed by atoms with Crippen LogP contribution in [0.15, 0.2) is 18.2 Å². The molecule has 4 N–H and O–H groups in total. The van der Waals surface area contributed by atoms with Crippen LogP contribution >= 0.6 is 12.2 Å². The maximum Gasteiger partial charge on any atom is 0.226 e. The molecular formula is C13H17N3O2S. The third-order valence-electron chi connectivity index (χ3n) is 2.96. The zero-order valence-electron chi connectivity index (χ0n) is 10.9. The molecule has 1 atom stereocenters. The molecule has 2 rings (SSSR count). The van der Waals surface area contributed by atoms with Crippen LogP contribution < -0.4 is 5.32 Å². The van der Waals surface area contributed by atoms with Gasteiger partial charge in [-0.15, -0.1) is 0 Å². The summed E-state index contributed by atoms with van der Waals surface area (Å²) in [7, 11) is 0. The Bertz CT molecular complexity index is 645. The van der Waals surface area contributed by atoms with Gasteiger partial charge in [0.05, 0.1) is 23.6 Å². The molecule has 0 aliphatic carbocycles. The molecular weight excluding hydrogens is 262 g/mol. The molecule has 0 bridgehead atoms. The Morgan fingerprint density at radius 2 is 2.05 bits per heavy atom. The molecule has 19 heavy (non-hydrogen) atoms. The van der Waals surface area contributed by atoms with Crippen molar-refractivity contribution in [1.29, 1.82) is 0 Å². The average Bonchev–Trinajstić information content (AvgIpc) is 2.68. The summed E-state index contributed by atoms with van der Waals surface area (Å²) in [6.07, 6.45) is -0.527. The number of H-pyrrole nitrogens is 2. The van der Waals surface area contributed by atoms with E-state index in [-0.39, 0.29) is 18.2 Å². The standard InChI is InChI=1S/C13H17N3O2S/c1-7(2)11(17)6-12(18)14-8-3-4-9-10(5-8)16-13(19)15-9/h3-5,7,11,17H,6H2,1-2H3,(H,14,18)(H2,15,16,19)/t11-/m1/s1. The Balaban J connectivity index is 2.08. The van der Waals surface area contributed by atoms with Crippen molar-refractivity contribution < 1.29 is 9.90 Å². The summed E-state index contributed by atoms with van der Waals surface area (Å²) in [5.41, 5.74) is 2.41. The molecule has 0 saturated heterocycles. The van der Waals surface area contributed by atoms with Crippen molar-refractivity contribution in [2.75, 3.05) is 5.32 Å². The average molecular weight is 279 g/mol. The molecule has 102 valence electrons. The molecule has 0 aliphatic heterocycles. The van der Waals surface area contributed by atoms with Gasteiger partial charge < -0.3 is 20.4 Å². The van der Waals surface area contributed by atoms with E-state index in [1.165, 1.54) is 0 Å². The van der Waals surface area contributed by atoms with Gasteiger partial charge in [-0.05, 0) is 36.3 Å². The second kappa shape index (κ2) is 5.54. The number of hydrogen-bond acceptors (Lipinski definition) is 3. The highest BCUT2D eigenvalue weighted by molar-refractivity contribution is 7.71. The zero-order chi connectivity index (χ0) is 14.0. The molecule has 1 heterocycles. The molecule has 0 unspecified atom stereocenters. The van der Waals surface area contributed by atoms with Crippen molar-refractivity contribution in [2.45, 2.75) is 26.4 Å². The number of imidazole rings is 1. The van der Waals surface area contributed by atoms with E-state index in [9.17, 15) is 9.90 Å². The SMILES string of the molecule is CC(C)[C@H](O)CC(=O)Nc1ccc2[nH]c(=S)[nH]c2c1. The molecule has 0 aliphatic rings. The van der Waals surface area contributed by atoms with Crippen LogP contribution in [0.1, 0.15) is 20.3 Å². The fourth-order valence-corrected chi connectivity index (χ4v) is 1.97. The van der Waals surface area contributed by atoms with Crippen molar-refractivity contribution in [3.63, 3.8) is 0 Å². The Hall–Kier alpha value is -1.66. The van der Waals surface area contributed by atoms with Gasteiger partial charge in [0.2, 0.25) is 5.91 Å². The van der Waals surface area contributed by atoms with Crippen LogP contribution in [0.2, 0.25) is 0 Å². The first-order valence-electron chi connectivity index (χ1n) is 6.15. The number of benzene rings is 1. The molecule has 0 saturated carbocycles. The van der Waals surface area contributed by atoms with Crippen molar-refractivity contribution in [2.24, 2.45) is 5.92 Å². The van der Waals surface area contributed by atoms with Gasteiger partial charge in [0.1, 0.15) is 0 Å². The van der Waals surface area contributed by atoms with E-state index in [0.717, 1.165) is 11.0 Å². The van der Waals surface area contributed by atoms with E-state index < -0.39 is 6.10 Å². The molecule has 1 aromatic heterocycles. The van der Waals surface area contributed by atoms with Gasteiger partial charge in [-0.2, -0.15) is 0 Å². The molecule has 1 aromatic carbocycles. The largest absolute Gasteiger partial charge is 0.392 e. The van der Waals surface area contributed by atoms with Crippen LogP contribution in [0, 0.1) is 10.7 Å². The highest BCUT2D eigenvalue weighted by atomic mass is 32.1. The minimum atomic E-state index is -0.623. The summed E-state index contributed by atoms with van der Waals surface area (Å²) in [5.74, 6) is -0.135. The van der Waals surface area contributed by atoms with Crippen LogP contribution in [-0.4, -0.2) is 27.1 Å². The van der Waals surface area contributed by atoms with E-state index in [0.29, 0.717) is 10.5 Å². The predicted octanol–water partition coefficient (Wildman–Crippen LogP) is 2.57. The second-order valence-electron chi connectivity index (χ2n) is 4.90. The minimum absolute atomic E-state index is 0.0639. The van der Waals surface area contributed by atoms with Crippen LogP contribution in [0.4, 0.5) is 5.69 Å². The van der Waals surface area contributed by atoms with Gasteiger partial charge >= 0.3 is 0 Å². The minimum Gasteiger partial charge on any atom is -0.392 e. The van der Waals surface area contributed by atoms with E-state index in [1.807, 2.05) is 19.9 Å². The number of aromatic nitrogens is 2. The van der Waals surface area contributed by atoms with Crippen LogP contribution in [0.3, 0.4) is 0 Å². The van der Waals surface area contributed by atoms with Crippen molar-refractivity contribution in [1.82, 2.24) is 9.97 Å². The van der Waals surface area contributed by atoms with Crippen LogP contribution in [0.5, 0.6) is 0 Å². The summed E-state index contributed by atoms with van der Waals surface area (Å²) in [6.45, 7) is 3.76. The molecule has 0 radical (unpaired) electrons. The molecule has 2 aromatic rings. The number of anilines is 1. The van der Waals surface area contributed by atoms with Gasteiger partial charge in [-0.25, -0.2) is 0 Å². The topological polar surface area (TPSA) is 80.9 Å².